The van der Waals surface area contributed by atoms with Gasteiger partial charge in [-0.2, -0.15) is 0 Å². The predicted octanol–water partition coefficient (Wildman–Crippen LogP) is 2.86. The van der Waals surface area contributed by atoms with Gasteiger partial charge < -0.3 is 20.0 Å². The van der Waals surface area contributed by atoms with Gasteiger partial charge in [0, 0.05) is 13.1 Å². The Bertz CT molecular complexity index is 458. The lowest BCUT2D eigenvalue weighted by atomic mass is 10.3. The second-order valence-electron chi connectivity index (χ2n) is 6.07. The molecule has 0 unspecified atom stereocenters. The number of aromatic nitrogens is 1. The van der Waals surface area contributed by atoms with Crippen molar-refractivity contribution in [2.45, 2.75) is 60.4 Å². The fourth-order valence-electron chi connectivity index (χ4n) is 2.57. The summed E-state index contributed by atoms with van der Waals surface area (Å²) in [5.74, 6) is 2.35. The quantitative estimate of drug-likeness (QED) is 0.369. The van der Waals surface area contributed by atoms with Crippen LogP contribution < -0.4 is 10.6 Å². The van der Waals surface area contributed by atoms with E-state index >= 15 is 0 Å². The SMILES string of the molecule is CCCN(CCC)CCCNC(=NCc1nc(C)c(C)o1)NCC. The first-order valence-corrected chi connectivity index (χ1v) is 9.28. The van der Waals surface area contributed by atoms with Crippen molar-refractivity contribution in [2.24, 2.45) is 4.99 Å². The fraction of sp³-hybridized carbons (Fsp3) is 0.778. The zero-order valence-electron chi connectivity index (χ0n) is 16.1. The van der Waals surface area contributed by atoms with Gasteiger partial charge in [0.05, 0.1) is 5.69 Å². The first kappa shape index (κ1) is 20.5. The highest BCUT2D eigenvalue weighted by atomic mass is 16.4. The number of rotatable bonds is 11. The summed E-state index contributed by atoms with van der Waals surface area (Å²) in [5.41, 5.74) is 0.935. The van der Waals surface area contributed by atoms with Crippen molar-refractivity contribution in [3.8, 4) is 0 Å². The maximum absolute atomic E-state index is 5.57. The van der Waals surface area contributed by atoms with Crippen LogP contribution in [0.5, 0.6) is 0 Å². The Kier molecular flexibility index (Phi) is 10.2. The van der Waals surface area contributed by atoms with E-state index in [1.54, 1.807) is 0 Å². The van der Waals surface area contributed by atoms with Crippen molar-refractivity contribution in [1.29, 1.82) is 0 Å². The van der Waals surface area contributed by atoms with Crippen molar-refractivity contribution >= 4 is 5.96 Å². The predicted molar refractivity (Wildman–Crippen MR) is 100 cm³/mol. The molecule has 0 spiro atoms. The minimum Gasteiger partial charge on any atom is -0.444 e. The van der Waals surface area contributed by atoms with Crippen molar-refractivity contribution in [2.75, 3.05) is 32.7 Å². The van der Waals surface area contributed by atoms with Gasteiger partial charge in [-0.05, 0) is 59.7 Å². The van der Waals surface area contributed by atoms with Crippen LogP contribution in [0.4, 0.5) is 0 Å². The summed E-state index contributed by atoms with van der Waals surface area (Å²) in [6, 6.07) is 0. The van der Waals surface area contributed by atoms with Gasteiger partial charge in [-0.3, -0.25) is 0 Å². The molecule has 0 atom stereocenters. The molecule has 0 aliphatic rings. The number of hydrogen-bond donors (Lipinski definition) is 2. The molecule has 1 heterocycles. The monoisotopic (exact) mass is 337 g/mol. The largest absolute Gasteiger partial charge is 0.444 e. The van der Waals surface area contributed by atoms with Crippen LogP contribution in [0, 0.1) is 13.8 Å². The molecule has 6 nitrogen and oxygen atoms in total. The molecule has 0 aliphatic carbocycles. The number of nitrogens with one attached hydrogen (secondary N) is 2. The Balaban J connectivity index is 2.40. The molecular weight excluding hydrogens is 302 g/mol. The molecular formula is C18H35N5O. The molecule has 0 bridgehead atoms. The molecule has 0 fully saturated rings. The number of guanidine groups is 1. The van der Waals surface area contributed by atoms with Crippen LogP contribution in [-0.4, -0.2) is 48.6 Å². The van der Waals surface area contributed by atoms with Crippen LogP contribution in [0.1, 0.15) is 57.4 Å². The first-order chi connectivity index (χ1) is 11.6. The molecule has 24 heavy (non-hydrogen) atoms. The van der Waals surface area contributed by atoms with Gasteiger partial charge in [0.1, 0.15) is 12.3 Å². The molecule has 138 valence electrons. The topological polar surface area (TPSA) is 65.7 Å². The van der Waals surface area contributed by atoms with Gasteiger partial charge in [0.15, 0.2) is 5.96 Å². The maximum Gasteiger partial charge on any atom is 0.216 e. The Morgan fingerprint density at radius 3 is 2.33 bits per heavy atom. The van der Waals surface area contributed by atoms with Crippen LogP contribution >= 0.6 is 0 Å². The van der Waals surface area contributed by atoms with E-state index in [9.17, 15) is 0 Å². The molecule has 6 heteroatoms. The Morgan fingerprint density at radius 1 is 1.08 bits per heavy atom. The molecule has 1 rings (SSSR count). The van der Waals surface area contributed by atoms with E-state index in [1.165, 1.54) is 25.9 Å². The zero-order valence-corrected chi connectivity index (χ0v) is 16.1. The Morgan fingerprint density at radius 2 is 1.79 bits per heavy atom. The molecule has 0 saturated heterocycles. The van der Waals surface area contributed by atoms with Crippen molar-refractivity contribution in [3.05, 3.63) is 17.3 Å². The average molecular weight is 338 g/mol. The third kappa shape index (κ3) is 7.81. The summed E-state index contributed by atoms with van der Waals surface area (Å²) in [5, 5.41) is 6.66. The number of hydrogen-bond acceptors (Lipinski definition) is 4. The minimum atomic E-state index is 0.460. The fourth-order valence-corrected chi connectivity index (χ4v) is 2.57. The molecule has 1 aromatic heterocycles. The van der Waals surface area contributed by atoms with Crippen LogP contribution in [-0.2, 0) is 6.54 Å². The molecule has 1 aromatic rings. The normalized spacial score (nSPS) is 12.0. The van der Waals surface area contributed by atoms with E-state index in [0.29, 0.717) is 12.4 Å². The third-order valence-corrected chi connectivity index (χ3v) is 3.81. The van der Waals surface area contributed by atoms with E-state index in [4.69, 9.17) is 4.42 Å². The highest BCUT2D eigenvalue weighted by Gasteiger charge is 2.06. The van der Waals surface area contributed by atoms with Crippen LogP contribution in [0.25, 0.3) is 0 Å². The van der Waals surface area contributed by atoms with Crippen LogP contribution in [0.3, 0.4) is 0 Å². The first-order valence-electron chi connectivity index (χ1n) is 9.28. The summed E-state index contributed by atoms with van der Waals surface area (Å²) < 4.78 is 5.57. The minimum absolute atomic E-state index is 0.460. The summed E-state index contributed by atoms with van der Waals surface area (Å²) >= 11 is 0. The van der Waals surface area contributed by atoms with Gasteiger partial charge in [-0.25, -0.2) is 9.98 Å². The van der Waals surface area contributed by atoms with Crippen molar-refractivity contribution in [1.82, 2.24) is 20.5 Å². The standard InChI is InChI=1S/C18H35N5O/c1-6-11-23(12-7-2)13-9-10-20-18(19-8-3)21-14-17-22-15(4)16(5)24-17/h6-14H2,1-5H3,(H2,19,20,21). The second-order valence-corrected chi connectivity index (χ2v) is 6.07. The Labute approximate surface area is 147 Å². The summed E-state index contributed by atoms with van der Waals surface area (Å²) in [6.45, 7) is 16.1. The highest BCUT2D eigenvalue weighted by molar-refractivity contribution is 5.79. The summed E-state index contributed by atoms with van der Waals surface area (Å²) in [6.07, 6.45) is 3.54. The molecule has 2 N–H and O–H groups in total. The third-order valence-electron chi connectivity index (χ3n) is 3.81. The van der Waals surface area contributed by atoms with Gasteiger partial charge in [0.2, 0.25) is 5.89 Å². The number of oxazole rings is 1. The maximum atomic E-state index is 5.57. The Hall–Kier alpha value is -1.56. The van der Waals surface area contributed by atoms with Gasteiger partial charge in [-0.1, -0.05) is 13.8 Å². The number of aryl methyl sites for hydroxylation is 2. The van der Waals surface area contributed by atoms with Crippen LogP contribution in [0.15, 0.2) is 9.41 Å². The summed E-state index contributed by atoms with van der Waals surface area (Å²) in [7, 11) is 0. The molecule has 0 radical (unpaired) electrons. The lowest BCUT2D eigenvalue weighted by Crippen LogP contribution is -2.39. The zero-order chi connectivity index (χ0) is 17.8. The van der Waals surface area contributed by atoms with Gasteiger partial charge in [-0.15, -0.1) is 0 Å². The van der Waals surface area contributed by atoms with Crippen molar-refractivity contribution in [3.63, 3.8) is 0 Å². The summed E-state index contributed by atoms with van der Waals surface area (Å²) in [4.78, 5) is 11.5. The lowest BCUT2D eigenvalue weighted by Gasteiger charge is -2.21. The van der Waals surface area contributed by atoms with E-state index in [0.717, 1.165) is 43.5 Å². The smallest absolute Gasteiger partial charge is 0.216 e. The van der Waals surface area contributed by atoms with E-state index in [-0.39, 0.29) is 0 Å². The van der Waals surface area contributed by atoms with E-state index in [2.05, 4.69) is 46.3 Å². The van der Waals surface area contributed by atoms with Crippen molar-refractivity contribution < 1.29 is 4.42 Å². The van der Waals surface area contributed by atoms with E-state index in [1.807, 2.05) is 13.8 Å². The average Bonchev–Trinajstić information content (AvgIpc) is 2.87. The van der Waals surface area contributed by atoms with Crippen LogP contribution in [0.2, 0.25) is 0 Å². The molecule has 0 saturated carbocycles. The van der Waals surface area contributed by atoms with Gasteiger partial charge >= 0.3 is 0 Å². The number of aliphatic imine (C=N–C) groups is 1. The molecule has 0 aromatic carbocycles. The second kappa shape index (κ2) is 11.9. The highest BCUT2D eigenvalue weighted by Crippen LogP contribution is 2.08. The molecule has 0 aliphatic heterocycles. The van der Waals surface area contributed by atoms with Gasteiger partial charge in [0.25, 0.3) is 0 Å². The lowest BCUT2D eigenvalue weighted by molar-refractivity contribution is 0.271. The van der Waals surface area contributed by atoms with E-state index < -0.39 is 0 Å². The molecule has 0 amide bonds. The number of nitrogens with zero attached hydrogens (tertiary/aromatic N) is 3.